The van der Waals surface area contributed by atoms with Gasteiger partial charge < -0.3 is 9.64 Å². The van der Waals surface area contributed by atoms with E-state index in [1.54, 1.807) is 17.9 Å². The van der Waals surface area contributed by atoms with E-state index in [0.29, 0.717) is 24.0 Å². The fourth-order valence-electron chi connectivity index (χ4n) is 3.83. The molecule has 5 heteroatoms. The Balaban J connectivity index is 1.55. The number of hydrogen-bond donors (Lipinski definition) is 0. The second-order valence-corrected chi connectivity index (χ2v) is 8.04. The van der Waals surface area contributed by atoms with E-state index >= 15 is 0 Å². The molecular weight excluding hydrogens is 412 g/mol. The molecule has 0 N–H and O–H groups in total. The summed E-state index contributed by atoms with van der Waals surface area (Å²) in [6, 6.07) is 28.7. The number of hydrogen-bond acceptors (Lipinski definition) is 4. The van der Waals surface area contributed by atoms with E-state index in [0.717, 1.165) is 22.3 Å². The molecule has 0 fully saturated rings. The van der Waals surface area contributed by atoms with Crippen molar-refractivity contribution < 1.29 is 14.3 Å². The van der Waals surface area contributed by atoms with E-state index in [9.17, 15) is 9.59 Å². The average Bonchev–Trinajstić information content (AvgIpc) is 2.83. The van der Waals surface area contributed by atoms with E-state index in [1.807, 2.05) is 91.9 Å². The zero-order valence-corrected chi connectivity index (χ0v) is 18.8. The minimum absolute atomic E-state index is 0.244. The number of nitrogens with zero attached hydrogens (tertiary/aromatic N) is 2. The number of rotatable bonds is 7. The highest BCUT2D eigenvalue weighted by molar-refractivity contribution is 6.04. The van der Waals surface area contributed by atoms with Crippen molar-refractivity contribution in [2.24, 2.45) is 0 Å². The lowest BCUT2D eigenvalue weighted by molar-refractivity contribution is -0.141. The number of pyridine rings is 1. The topological polar surface area (TPSA) is 59.5 Å². The van der Waals surface area contributed by atoms with Crippen molar-refractivity contribution in [1.82, 2.24) is 9.88 Å². The third-order valence-corrected chi connectivity index (χ3v) is 5.44. The van der Waals surface area contributed by atoms with Gasteiger partial charge in [-0.25, -0.2) is 4.79 Å². The lowest BCUT2D eigenvalue weighted by atomic mass is 10.1. The predicted octanol–water partition coefficient (Wildman–Crippen LogP) is 5.32. The molecule has 1 atom stereocenters. The van der Waals surface area contributed by atoms with Crippen LogP contribution < -0.4 is 0 Å². The number of aromatic nitrogens is 1. The summed E-state index contributed by atoms with van der Waals surface area (Å²) in [6.07, 6.45) is -0.933. The van der Waals surface area contributed by atoms with Gasteiger partial charge in [0.25, 0.3) is 5.91 Å². The zero-order valence-electron chi connectivity index (χ0n) is 18.8. The third kappa shape index (κ3) is 5.44. The van der Waals surface area contributed by atoms with Crippen molar-refractivity contribution in [3.63, 3.8) is 0 Å². The summed E-state index contributed by atoms with van der Waals surface area (Å²) in [5.41, 5.74) is 3.87. The normalized spacial score (nSPS) is 11.7. The third-order valence-electron chi connectivity index (χ3n) is 5.44. The Morgan fingerprint density at radius 1 is 0.848 bits per heavy atom. The van der Waals surface area contributed by atoms with Crippen molar-refractivity contribution in [2.75, 3.05) is 0 Å². The number of aryl methyl sites for hydroxylation is 1. The number of benzene rings is 3. The fourth-order valence-corrected chi connectivity index (χ4v) is 3.83. The summed E-state index contributed by atoms with van der Waals surface area (Å²) in [5.74, 6) is -0.775. The van der Waals surface area contributed by atoms with Crippen LogP contribution in [0.5, 0.6) is 0 Å². The Morgan fingerprint density at radius 3 is 2.00 bits per heavy atom. The summed E-state index contributed by atoms with van der Waals surface area (Å²) >= 11 is 0. The molecule has 0 aliphatic heterocycles. The van der Waals surface area contributed by atoms with Crippen molar-refractivity contribution in [2.45, 2.75) is 33.0 Å². The quantitative estimate of drug-likeness (QED) is 0.367. The first-order valence-electron chi connectivity index (χ1n) is 11.0. The van der Waals surface area contributed by atoms with Gasteiger partial charge in [0.15, 0.2) is 6.10 Å². The standard InChI is InChI=1S/C28H26N2O3/c1-20-17-25(24-15-9-10-16-26(24)29-20)28(32)33-21(2)27(31)30(18-22-11-5-3-6-12-22)19-23-13-7-4-8-14-23/h3-17,21H,18-19H2,1-2H3. The van der Waals surface area contributed by atoms with Gasteiger partial charge >= 0.3 is 5.97 Å². The van der Waals surface area contributed by atoms with Gasteiger partial charge in [-0.3, -0.25) is 9.78 Å². The molecule has 0 aliphatic carbocycles. The van der Waals surface area contributed by atoms with Gasteiger partial charge in [0.2, 0.25) is 0 Å². The van der Waals surface area contributed by atoms with Crippen LogP contribution in [0.15, 0.2) is 91.0 Å². The van der Waals surface area contributed by atoms with Gasteiger partial charge in [0.1, 0.15) is 0 Å². The molecule has 0 saturated carbocycles. The van der Waals surface area contributed by atoms with Gasteiger partial charge in [0.05, 0.1) is 11.1 Å². The molecule has 3 aromatic carbocycles. The van der Waals surface area contributed by atoms with E-state index in [1.165, 1.54) is 0 Å². The first kappa shape index (κ1) is 22.2. The first-order chi connectivity index (χ1) is 16.0. The largest absolute Gasteiger partial charge is 0.449 e. The molecule has 5 nitrogen and oxygen atoms in total. The molecule has 33 heavy (non-hydrogen) atoms. The second-order valence-electron chi connectivity index (χ2n) is 8.04. The van der Waals surface area contributed by atoms with Gasteiger partial charge in [-0.05, 0) is 37.1 Å². The van der Waals surface area contributed by atoms with Crippen LogP contribution in [0, 0.1) is 6.92 Å². The van der Waals surface area contributed by atoms with Crippen LogP contribution in [-0.2, 0) is 22.6 Å². The maximum absolute atomic E-state index is 13.4. The Kier molecular flexibility index (Phi) is 6.79. The molecule has 1 unspecified atom stereocenters. The number of amides is 1. The average molecular weight is 439 g/mol. The minimum atomic E-state index is -0.933. The van der Waals surface area contributed by atoms with Crippen LogP contribution in [0.3, 0.4) is 0 Å². The van der Waals surface area contributed by atoms with Crippen LogP contribution in [0.25, 0.3) is 10.9 Å². The maximum atomic E-state index is 13.4. The molecule has 0 bridgehead atoms. The summed E-state index contributed by atoms with van der Waals surface area (Å²) in [6.45, 7) is 4.31. The zero-order chi connectivity index (χ0) is 23.2. The second kappa shape index (κ2) is 10.1. The molecule has 0 saturated heterocycles. The van der Waals surface area contributed by atoms with Gasteiger partial charge in [-0.15, -0.1) is 0 Å². The van der Waals surface area contributed by atoms with Gasteiger partial charge in [0, 0.05) is 24.2 Å². The number of para-hydroxylation sites is 1. The van der Waals surface area contributed by atoms with Crippen LogP contribution in [0.2, 0.25) is 0 Å². The van der Waals surface area contributed by atoms with E-state index < -0.39 is 12.1 Å². The summed E-state index contributed by atoms with van der Waals surface area (Å²) in [7, 11) is 0. The highest BCUT2D eigenvalue weighted by Crippen LogP contribution is 2.20. The Bertz CT molecular complexity index is 1210. The molecule has 1 heterocycles. The number of esters is 1. The Labute approximate surface area is 193 Å². The molecule has 166 valence electrons. The molecule has 1 aromatic heterocycles. The summed E-state index contributed by atoms with van der Waals surface area (Å²) < 4.78 is 5.66. The molecule has 1 amide bonds. The highest BCUT2D eigenvalue weighted by atomic mass is 16.5. The van der Waals surface area contributed by atoms with Crippen LogP contribution >= 0.6 is 0 Å². The summed E-state index contributed by atoms with van der Waals surface area (Å²) in [4.78, 5) is 32.6. The number of carbonyl (C=O) groups excluding carboxylic acids is 2. The fraction of sp³-hybridized carbons (Fsp3) is 0.179. The number of ether oxygens (including phenoxy) is 1. The molecule has 4 rings (SSSR count). The SMILES string of the molecule is Cc1cc(C(=O)OC(C)C(=O)N(Cc2ccccc2)Cc2ccccc2)c2ccccc2n1. The van der Waals surface area contributed by atoms with E-state index in [2.05, 4.69) is 4.98 Å². The molecular formula is C28H26N2O3. The van der Waals surface area contributed by atoms with Crippen LogP contribution in [0.1, 0.15) is 34.1 Å². The molecule has 0 spiro atoms. The number of carbonyl (C=O) groups is 2. The highest BCUT2D eigenvalue weighted by Gasteiger charge is 2.26. The van der Waals surface area contributed by atoms with Crippen molar-refractivity contribution in [1.29, 1.82) is 0 Å². The summed E-state index contributed by atoms with van der Waals surface area (Å²) in [5, 5.41) is 0.707. The predicted molar refractivity (Wildman–Crippen MR) is 128 cm³/mol. The van der Waals surface area contributed by atoms with Crippen molar-refractivity contribution >= 4 is 22.8 Å². The van der Waals surface area contributed by atoms with Crippen LogP contribution in [-0.4, -0.2) is 27.9 Å². The van der Waals surface area contributed by atoms with Crippen molar-refractivity contribution in [3.05, 3.63) is 113 Å². The van der Waals surface area contributed by atoms with Gasteiger partial charge in [-0.1, -0.05) is 78.9 Å². The monoisotopic (exact) mass is 438 g/mol. The number of fused-ring (bicyclic) bond motifs is 1. The molecule has 4 aromatic rings. The Morgan fingerprint density at radius 2 is 1.39 bits per heavy atom. The van der Waals surface area contributed by atoms with Gasteiger partial charge in [-0.2, -0.15) is 0 Å². The first-order valence-corrected chi connectivity index (χ1v) is 11.0. The Hall–Kier alpha value is -3.99. The maximum Gasteiger partial charge on any atom is 0.339 e. The lowest BCUT2D eigenvalue weighted by Gasteiger charge is -2.26. The minimum Gasteiger partial charge on any atom is -0.449 e. The molecule has 0 aliphatic rings. The lowest BCUT2D eigenvalue weighted by Crippen LogP contribution is -2.39. The van der Waals surface area contributed by atoms with E-state index in [4.69, 9.17) is 4.74 Å². The molecule has 0 radical (unpaired) electrons. The van der Waals surface area contributed by atoms with E-state index in [-0.39, 0.29) is 5.91 Å². The van der Waals surface area contributed by atoms with Crippen LogP contribution in [0.4, 0.5) is 0 Å². The smallest absolute Gasteiger partial charge is 0.339 e. The van der Waals surface area contributed by atoms with Crippen molar-refractivity contribution in [3.8, 4) is 0 Å².